The van der Waals surface area contributed by atoms with Crippen molar-refractivity contribution >= 4 is 44.1 Å². The number of aliphatic hydroxyl groups is 1. The van der Waals surface area contributed by atoms with Crippen LogP contribution in [0, 0.1) is 17.9 Å². The number of anilines is 1. The maximum atomic E-state index is 12.4. The number of allylic oxidation sites excluding steroid dienone is 3. The zero-order valence-corrected chi connectivity index (χ0v) is 27.8. The van der Waals surface area contributed by atoms with Crippen molar-refractivity contribution in [2.45, 2.75) is 27.7 Å². The van der Waals surface area contributed by atoms with E-state index in [1.165, 1.54) is 0 Å². The molecule has 1 N–H and O–H groups in total. The molecule has 0 amide bonds. The van der Waals surface area contributed by atoms with Crippen LogP contribution >= 0.6 is 0 Å². The first-order valence-corrected chi connectivity index (χ1v) is 16.7. The van der Waals surface area contributed by atoms with Crippen LogP contribution in [0.15, 0.2) is 120 Å². The number of nitriles is 1. The molecule has 0 saturated carbocycles. The Labute approximate surface area is 282 Å². The molecule has 0 spiro atoms. The predicted octanol–water partition coefficient (Wildman–Crippen LogP) is 9.52. The molecule has 0 heterocycles. The molecule has 234 valence electrons. The van der Waals surface area contributed by atoms with Gasteiger partial charge in [0.2, 0.25) is 5.71 Å². The molecule has 2 aliphatic carbocycles. The van der Waals surface area contributed by atoms with Gasteiger partial charge in [0.05, 0.1) is 29.5 Å². The Bertz CT molecular complexity index is 2240. The maximum Gasteiger partial charge on any atom is 0.270 e. The van der Waals surface area contributed by atoms with Crippen LogP contribution in [-0.2, 0) is 0 Å². The quantitative estimate of drug-likeness (QED) is 0.0868. The minimum atomic E-state index is -0.0280. The van der Waals surface area contributed by atoms with Gasteiger partial charge < -0.3 is 10.0 Å². The lowest BCUT2D eigenvalue weighted by atomic mass is 9.69. The Morgan fingerprint density at radius 1 is 0.688 bits per heavy atom. The lowest BCUT2D eigenvalue weighted by molar-refractivity contribution is -0.519. The van der Waals surface area contributed by atoms with E-state index in [4.69, 9.17) is 6.57 Å². The van der Waals surface area contributed by atoms with Crippen molar-refractivity contribution in [3.8, 4) is 6.07 Å². The van der Waals surface area contributed by atoms with Gasteiger partial charge in [-0.3, -0.25) is 0 Å². The van der Waals surface area contributed by atoms with E-state index >= 15 is 0 Å². The van der Waals surface area contributed by atoms with E-state index in [0.717, 1.165) is 92.5 Å². The minimum absolute atomic E-state index is 0.0280. The molecule has 0 fully saturated rings. The average molecular weight is 626 g/mol. The van der Waals surface area contributed by atoms with Crippen LogP contribution in [0.2, 0.25) is 0 Å². The molecule has 0 bridgehead atoms. The molecule has 5 nitrogen and oxygen atoms in total. The lowest BCUT2D eigenvalue weighted by Gasteiger charge is -2.35. The largest absolute Gasteiger partial charge is 0.507 e. The highest BCUT2D eigenvalue weighted by Crippen LogP contribution is 2.56. The van der Waals surface area contributed by atoms with Gasteiger partial charge >= 0.3 is 0 Å². The third-order valence-corrected chi connectivity index (χ3v) is 9.89. The second-order valence-corrected chi connectivity index (χ2v) is 12.0. The Morgan fingerprint density at radius 2 is 1.15 bits per heavy atom. The van der Waals surface area contributed by atoms with Crippen molar-refractivity contribution in [3.63, 3.8) is 0 Å². The zero-order chi connectivity index (χ0) is 33.5. The number of hydrogen-bond acceptors (Lipinski definition) is 3. The molecule has 48 heavy (non-hydrogen) atoms. The molecule has 0 saturated heterocycles. The van der Waals surface area contributed by atoms with Crippen molar-refractivity contribution < 1.29 is 9.68 Å². The monoisotopic (exact) mass is 625 g/mol. The van der Waals surface area contributed by atoms with E-state index < -0.39 is 0 Å². The first kappa shape index (κ1) is 30.7. The van der Waals surface area contributed by atoms with Crippen LogP contribution in [0.3, 0.4) is 0 Å². The van der Waals surface area contributed by atoms with Gasteiger partial charge in [0.15, 0.2) is 0 Å². The Balaban J connectivity index is 1.65. The number of fused-ring (bicyclic) bond motifs is 4. The molecular formula is C43H37N4O+. The summed E-state index contributed by atoms with van der Waals surface area (Å²) in [5, 5.41) is 27.0. The third kappa shape index (κ3) is 4.39. The minimum Gasteiger partial charge on any atom is -0.507 e. The van der Waals surface area contributed by atoms with Crippen molar-refractivity contribution in [2.24, 2.45) is 0 Å². The summed E-state index contributed by atoms with van der Waals surface area (Å²) < 4.78 is 2.37. The summed E-state index contributed by atoms with van der Waals surface area (Å²) >= 11 is 0. The summed E-state index contributed by atoms with van der Waals surface area (Å²) in [6.45, 7) is 20.2. The molecule has 2 aliphatic rings. The maximum absolute atomic E-state index is 12.4. The van der Waals surface area contributed by atoms with Gasteiger partial charge in [-0.2, -0.15) is 0 Å². The molecule has 0 unspecified atom stereocenters. The van der Waals surface area contributed by atoms with Gasteiger partial charge in [0.25, 0.3) is 5.70 Å². The summed E-state index contributed by atoms with van der Waals surface area (Å²) in [5.74, 6) is 0.109. The van der Waals surface area contributed by atoms with Crippen LogP contribution in [0.25, 0.3) is 37.5 Å². The molecule has 0 atom stereocenters. The molecule has 5 aromatic rings. The number of aliphatic hydroxyl groups excluding tert-OH is 1. The first-order valence-electron chi connectivity index (χ1n) is 16.7. The van der Waals surface area contributed by atoms with E-state index in [1.54, 1.807) is 0 Å². The van der Waals surface area contributed by atoms with Crippen LogP contribution in [0.5, 0.6) is 0 Å². The van der Waals surface area contributed by atoms with Crippen molar-refractivity contribution in [3.05, 3.63) is 159 Å². The smallest absolute Gasteiger partial charge is 0.270 e. The zero-order valence-electron chi connectivity index (χ0n) is 27.8. The predicted molar refractivity (Wildman–Crippen MR) is 197 cm³/mol. The van der Waals surface area contributed by atoms with E-state index in [-0.39, 0.29) is 11.5 Å². The summed E-state index contributed by atoms with van der Waals surface area (Å²) in [7, 11) is 0. The van der Waals surface area contributed by atoms with Gasteiger partial charge in [0, 0.05) is 51.7 Å². The van der Waals surface area contributed by atoms with Crippen LogP contribution in [0.1, 0.15) is 55.5 Å². The Hall–Kier alpha value is -5.91. The lowest BCUT2D eigenvalue weighted by Crippen LogP contribution is -2.29. The van der Waals surface area contributed by atoms with Gasteiger partial charge in [-0.15, -0.1) is 0 Å². The number of nitrogens with zero attached hydrogens (tertiary/aromatic N) is 4. The summed E-state index contributed by atoms with van der Waals surface area (Å²) in [5.41, 5.74) is 9.67. The van der Waals surface area contributed by atoms with Crippen molar-refractivity contribution in [1.82, 2.24) is 0 Å². The fourth-order valence-electron chi connectivity index (χ4n) is 7.80. The van der Waals surface area contributed by atoms with E-state index in [9.17, 15) is 10.4 Å². The molecule has 0 radical (unpaired) electrons. The first-order chi connectivity index (χ1) is 23.5. The van der Waals surface area contributed by atoms with E-state index in [1.807, 2.05) is 48.5 Å². The van der Waals surface area contributed by atoms with Crippen LogP contribution in [0.4, 0.5) is 5.69 Å². The van der Waals surface area contributed by atoms with Crippen LogP contribution < -0.4 is 4.90 Å². The molecular weight excluding hydrogens is 589 g/mol. The van der Waals surface area contributed by atoms with Gasteiger partial charge in [0.1, 0.15) is 18.8 Å². The number of rotatable bonds is 6. The second-order valence-electron chi connectivity index (χ2n) is 12.0. The standard InChI is InChI=1S/C43H36N4O/c1-6-46(7-2)41-31-22-14-10-18-27(31)36(28-19-11-15-23-32(28)41)39-38(35(26-44)45-5)40(43(39)48)37-29-20-12-16-24-33(29)42(47(8-3)9-4)34-25-17-13-21-30(34)37/h10-25H,6-9H2,1-4H3/p+1. The molecule has 7 rings (SSSR count). The van der Waals surface area contributed by atoms with Crippen molar-refractivity contribution in [2.75, 3.05) is 31.1 Å². The highest BCUT2D eigenvalue weighted by atomic mass is 16.3. The molecule has 5 heteroatoms. The normalized spacial score (nSPS) is 14.7. The fraction of sp³-hybridized carbons (Fsp3) is 0.186. The van der Waals surface area contributed by atoms with E-state index in [2.05, 4.69) is 96.6 Å². The summed E-state index contributed by atoms with van der Waals surface area (Å²) in [6.07, 6.45) is 0. The van der Waals surface area contributed by atoms with Gasteiger partial charge in [-0.1, -0.05) is 84.9 Å². The number of hydrogen-bond donors (Lipinski definition) is 1. The molecule has 5 aromatic carbocycles. The molecule has 0 aliphatic heterocycles. The van der Waals surface area contributed by atoms with E-state index in [0.29, 0.717) is 16.7 Å². The molecule has 0 aromatic heterocycles. The Kier molecular flexibility index (Phi) is 7.91. The topological polar surface area (TPSA) is 54.6 Å². The summed E-state index contributed by atoms with van der Waals surface area (Å²) in [6, 6.07) is 35.4. The van der Waals surface area contributed by atoms with Crippen molar-refractivity contribution in [1.29, 1.82) is 5.26 Å². The highest BCUT2D eigenvalue weighted by molar-refractivity contribution is 6.25. The summed E-state index contributed by atoms with van der Waals surface area (Å²) in [4.78, 5) is 6.13. The second kappa shape index (κ2) is 12.4. The number of benzene rings is 5. The van der Waals surface area contributed by atoms with Crippen LogP contribution in [-0.4, -0.2) is 41.6 Å². The van der Waals surface area contributed by atoms with Gasteiger partial charge in [-0.05, 0) is 61.7 Å². The fourth-order valence-corrected chi connectivity index (χ4v) is 7.80. The SMILES string of the molecule is [C-]#[N+]C(C#N)=C1C(=C2c3ccccc3C(=[N+](CC)CC)c3ccccc32)C(O)=C1c1c2ccccc2c(N(CC)CC)c2ccccc12. The average Bonchev–Trinajstić information content (AvgIpc) is 3.14. The highest BCUT2D eigenvalue weighted by Gasteiger charge is 2.42. The third-order valence-electron chi connectivity index (χ3n) is 9.89. The van der Waals surface area contributed by atoms with Gasteiger partial charge in [-0.25, -0.2) is 14.7 Å². The Morgan fingerprint density at radius 3 is 1.58 bits per heavy atom.